The van der Waals surface area contributed by atoms with Gasteiger partial charge < -0.3 is 10.4 Å². The predicted molar refractivity (Wildman–Crippen MR) is 86.9 cm³/mol. The molecule has 4 nitrogen and oxygen atoms in total. The number of carbonyl (C=O) groups is 1. The lowest BCUT2D eigenvalue weighted by atomic mass is 9.99. The third-order valence-corrected chi connectivity index (χ3v) is 4.54. The Bertz CT molecular complexity index is 580. The van der Waals surface area contributed by atoms with E-state index in [1.54, 1.807) is 30.9 Å². The maximum atomic E-state index is 12.1. The van der Waals surface area contributed by atoms with Crippen LogP contribution < -0.4 is 5.32 Å². The normalized spacial score (nSPS) is 13.7. The molecule has 2 heterocycles. The number of pyridine rings is 1. The molecular formula is C15H18N2O2S2. The number of thioether (sulfide) groups is 1. The maximum absolute atomic E-state index is 12.1. The van der Waals surface area contributed by atoms with E-state index in [2.05, 4.69) is 17.2 Å². The topological polar surface area (TPSA) is 62.2 Å². The number of hydrogen-bond acceptors (Lipinski definition) is 5. The lowest BCUT2D eigenvalue weighted by Crippen LogP contribution is -2.38. The van der Waals surface area contributed by atoms with Crippen molar-refractivity contribution >= 4 is 29.0 Å². The fraction of sp³-hybridized carbons (Fsp3) is 0.333. The summed E-state index contributed by atoms with van der Waals surface area (Å²) in [6.45, 7) is 3.90. The Morgan fingerprint density at radius 2 is 2.29 bits per heavy atom. The molecule has 0 spiro atoms. The van der Waals surface area contributed by atoms with Gasteiger partial charge in [0, 0.05) is 6.20 Å². The Labute approximate surface area is 132 Å². The van der Waals surface area contributed by atoms with Crippen LogP contribution in [0.15, 0.2) is 40.2 Å². The maximum Gasteiger partial charge on any atom is 0.252 e. The zero-order valence-corrected chi connectivity index (χ0v) is 13.6. The van der Waals surface area contributed by atoms with Crippen LogP contribution in [0, 0.1) is 0 Å². The van der Waals surface area contributed by atoms with Crippen LogP contribution in [0.2, 0.25) is 0 Å². The Balaban J connectivity index is 1.95. The largest absolute Gasteiger partial charge is 0.384 e. The van der Waals surface area contributed by atoms with Gasteiger partial charge in [0.1, 0.15) is 5.60 Å². The number of nitrogens with one attached hydrogen (secondary N) is 1. The van der Waals surface area contributed by atoms with Gasteiger partial charge in [-0.25, -0.2) is 4.98 Å². The third kappa shape index (κ3) is 4.30. The molecule has 0 saturated heterocycles. The first-order valence-electron chi connectivity index (χ1n) is 6.65. The molecule has 0 radical (unpaired) electrons. The minimum atomic E-state index is -1.07. The van der Waals surface area contributed by atoms with Gasteiger partial charge in [0.15, 0.2) is 0 Å². The fourth-order valence-electron chi connectivity index (χ4n) is 1.78. The fourth-order valence-corrected chi connectivity index (χ4v) is 3.15. The number of aromatic nitrogens is 1. The van der Waals surface area contributed by atoms with E-state index in [0.717, 1.165) is 16.3 Å². The SMILES string of the molecule is CCSc1ccc(C(=O)NCC(C)(O)c2ccsc2)cn1. The van der Waals surface area contributed by atoms with Gasteiger partial charge in [-0.2, -0.15) is 11.3 Å². The van der Waals surface area contributed by atoms with Crippen LogP contribution in [-0.4, -0.2) is 28.3 Å². The molecule has 1 amide bonds. The summed E-state index contributed by atoms with van der Waals surface area (Å²) in [5.41, 5.74) is 0.235. The van der Waals surface area contributed by atoms with Crippen LogP contribution >= 0.6 is 23.1 Å². The summed E-state index contributed by atoms with van der Waals surface area (Å²) < 4.78 is 0. The van der Waals surface area contributed by atoms with Crippen molar-refractivity contribution in [3.63, 3.8) is 0 Å². The highest BCUT2D eigenvalue weighted by atomic mass is 32.2. The lowest BCUT2D eigenvalue weighted by Gasteiger charge is -2.22. The van der Waals surface area contributed by atoms with E-state index in [0.29, 0.717) is 5.56 Å². The Morgan fingerprint density at radius 3 is 2.86 bits per heavy atom. The summed E-state index contributed by atoms with van der Waals surface area (Å²) in [4.78, 5) is 16.3. The highest BCUT2D eigenvalue weighted by Crippen LogP contribution is 2.22. The van der Waals surface area contributed by atoms with E-state index in [9.17, 15) is 9.90 Å². The molecule has 2 rings (SSSR count). The predicted octanol–water partition coefficient (Wildman–Crippen LogP) is 2.89. The average Bonchev–Trinajstić information content (AvgIpc) is 3.01. The minimum Gasteiger partial charge on any atom is -0.384 e. The van der Waals surface area contributed by atoms with E-state index in [-0.39, 0.29) is 12.5 Å². The quantitative estimate of drug-likeness (QED) is 0.803. The van der Waals surface area contributed by atoms with E-state index < -0.39 is 5.60 Å². The molecule has 0 aromatic carbocycles. The van der Waals surface area contributed by atoms with Crippen LogP contribution in [-0.2, 0) is 5.60 Å². The monoisotopic (exact) mass is 322 g/mol. The number of hydrogen-bond donors (Lipinski definition) is 2. The molecule has 6 heteroatoms. The molecular weight excluding hydrogens is 304 g/mol. The molecule has 21 heavy (non-hydrogen) atoms. The highest BCUT2D eigenvalue weighted by Gasteiger charge is 2.24. The van der Waals surface area contributed by atoms with Crippen molar-refractivity contribution in [1.82, 2.24) is 10.3 Å². The number of rotatable bonds is 6. The van der Waals surface area contributed by atoms with E-state index in [1.807, 2.05) is 22.9 Å². The molecule has 0 aliphatic heterocycles. The van der Waals surface area contributed by atoms with Crippen molar-refractivity contribution < 1.29 is 9.90 Å². The van der Waals surface area contributed by atoms with Crippen LogP contribution in [0.5, 0.6) is 0 Å². The second kappa shape index (κ2) is 7.06. The number of thiophene rings is 1. The van der Waals surface area contributed by atoms with Gasteiger partial charge in [-0.05, 0) is 47.2 Å². The highest BCUT2D eigenvalue weighted by molar-refractivity contribution is 7.99. The summed E-state index contributed by atoms with van der Waals surface area (Å²) in [5, 5.41) is 17.8. The third-order valence-electron chi connectivity index (χ3n) is 3.03. The molecule has 2 aromatic rings. The molecule has 0 aliphatic rings. The summed E-state index contributed by atoms with van der Waals surface area (Å²) in [6.07, 6.45) is 1.56. The van der Waals surface area contributed by atoms with Gasteiger partial charge in [-0.1, -0.05) is 6.92 Å². The number of amides is 1. The van der Waals surface area contributed by atoms with Crippen LogP contribution in [0.4, 0.5) is 0 Å². The number of aliphatic hydroxyl groups is 1. The molecule has 0 aliphatic carbocycles. The number of nitrogens with zero attached hydrogens (tertiary/aromatic N) is 1. The van der Waals surface area contributed by atoms with Gasteiger partial charge in [0.05, 0.1) is 17.1 Å². The van der Waals surface area contributed by atoms with Crippen LogP contribution in [0.3, 0.4) is 0 Å². The van der Waals surface area contributed by atoms with Gasteiger partial charge >= 0.3 is 0 Å². The van der Waals surface area contributed by atoms with Crippen molar-refractivity contribution in [1.29, 1.82) is 0 Å². The van der Waals surface area contributed by atoms with Gasteiger partial charge in [-0.15, -0.1) is 11.8 Å². The lowest BCUT2D eigenvalue weighted by molar-refractivity contribution is 0.0530. The van der Waals surface area contributed by atoms with Crippen molar-refractivity contribution in [3.8, 4) is 0 Å². The Hall–Kier alpha value is -1.37. The summed E-state index contributed by atoms with van der Waals surface area (Å²) >= 11 is 3.15. The molecule has 0 bridgehead atoms. The zero-order valence-electron chi connectivity index (χ0n) is 12.0. The molecule has 2 aromatic heterocycles. The van der Waals surface area contributed by atoms with E-state index in [1.165, 1.54) is 11.3 Å². The van der Waals surface area contributed by atoms with Crippen molar-refractivity contribution in [3.05, 3.63) is 46.3 Å². The molecule has 0 saturated carbocycles. The first-order valence-corrected chi connectivity index (χ1v) is 8.58. The van der Waals surface area contributed by atoms with E-state index in [4.69, 9.17) is 0 Å². The second-order valence-electron chi connectivity index (χ2n) is 4.79. The first-order chi connectivity index (χ1) is 10.0. The number of carbonyl (C=O) groups excluding carboxylic acids is 1. The van der Waals surface area contributed by atoms with Crippen LogP contribution in [0.25, 0.3) is 0 Å². The van der Waals surface area contributed by atoms with Gasteiger partial charge in [-0.3, -0.25) is 4.79 Å². The van der Waals surface area contributed by atoms with Crippen LogP contribution in [0.1, 0.15) is 29.8 Å². The van der Waals surface area contributed by atoms with Crippen molar-refractivity contribution in [2.75, 3.05) is 12.3 Å². The van der Waals surface area contributed by atoms with Gasteiger partial charge in [0.2, 0.25) is 0 Å². The van der Waals surface area contributed by atoms with Crippen molar-refractivity contribution in [2.24, 2.45) is 0 Å². The standard InChI is InChI=1S/C15H18N2O2S2/c1-3-21-13-5-4-11(8-16-13)14(18)17-10-15(2,19)12-6-7-20-9-12/h4-9,19H,3,10H2,1-2H3,(H,17,18). The van der Waals surface area contributed by atoms with Crippen molar-refractivity contribution in [2.45, 2.75) is 24.5 Å². The summed E-state index contributed by atoms with van der Waals surface area (Å²) in [7, 11) is 0. The zero-order chi connectivity index (χ0) is 15.3. The van der Waals surface area contributed by atoms with E-state index >= 15 is 0 Å². The Morgan fingerprint density at radius 1 is 1.48 bits per heavy atom. The summed E-state index contributed by atoms with van der Waals surface area (Å²) in [5.74, 6) is 0.716. The Kier molecular flexibility index (Phi) is 5.39. The average molecular weight is 322 g/mol. The molecule has 1 unspecified atom stereocenters. The smallest absolute Gasteiger partial charge is 0.252 e. The minimum absolute atomic E-state index is 0.161. The molecule has 0 fully saturated rings. The summed E-state index contributed by atoms with van der Waals surface area (Å²) in [6, 6.07) is 5.44. The first kappa shape index (κ1) is 16.0. The van der Waals surface area contributed by atoms with Gasteiger partial charge in [0.25, 0.3) is 5.91 Å². The molecule has 112 valence electrons. The molecule has 2 N–H and O–H groups in total. The second-order valence-corrected chi connectivity index (χ2v) is 6.85. The molecule has 1 atom stereocenters.